The maximum Gasteiger partial charge on any atom is 0.408 e. The summed E-state index contributed by atoms with van der Waals surface area (Å²) in [5.74, 6) is -1.22. The van der Waals surface area contributed by atoms with Crippen molar-refractivity contribution in [3.8, 4) is 0 Å². The standard InChI is InChI=1S/C18H28N2O8S/c1-18(2,3)28-17(24)20-14(15(21)22)12-29(25,26)10-9-19-16(23)27-11-13-7-5-4-6-8-13/h4-8,14-15,21-22H,9-12H2,1-3H3,(H,19,23)(H,20,24)/t14-/m0/s1. The van der Waals surface area contributed by atoms with Gasteiger partial charge in [-0.05, 0) is 26.3 Å². The number of carbonyl (C=O) groups excluding carboxylic acids is 2. The lowest BCUT2D eigenvalue weighted by Gasteiger charge is -2.24. The zero-order chi connectivity index (χ0) is 22.1. The van der Waals surface area contributed by atoms with Gasteiger partial charge >= 0.3 is 12.2 Å². The molecule has 0 aliphatic heterocycles. The first kappa shape index (κ1) is 24.7. The number of benzene rings is 1. The molecule has 0 saturated carbocycles. The quantitative estimate of drug-likeness (QED) is 0.413. The fraction of sp³-hybridized carbons (Fsp3) is 0.556. The SMILES string of the molecule is CC(C)(C)OC(=O)N[C@@H](CS(=O)(=O)CCNC(=O)OCc1ccccc1)C(O)O. The predicted molar refractivity (Wildman–Crippen MR) is 105 cm³/mol. The number of hydrogen-bond donors (Lipinski definition) is 4. The molecule has 2 amide bonds. The summed E-state index contributed by atoms with van der Waals surface area (Å²) in [7, 11) is -3.84. The largest absolute Gasteiger partial charge is 0.445 e. The molecule has 0 fully saturated rings. The summed E-state index contributed by atoms with van der Waals surface area (Å²) in [6.45, 7) is 4.62. The van der Waals surface area contributed by atoms with Crippen LogP contribution in [-0.4, -0.2) is 66.8 Å². The molecule has 29 heavy (non-hydrogen) atoms. The fourth-order valence-electron chi connectivity index (χ4n) is 2.10. The molecule has 164 valence electrons. The topological polar surface area (TPSA) is 151 Å². The van der Waals surface area contributed by atoms with E-state index in [-0.39, 0.29) is 13.2 Å². The van der Waals surface area contributed by atoms with Crippen LogP contribution in [0.3, 0.4) is 0 Å². The number of amides is 2. The van der Waals surface area contributed by atoms with E-state index in [9.17, 15) is 28.2 Å². The average Bonchev–Trinajstić information content (AvgIpc) is 2.58. The number of aliphatic hydroxyl groups is 2. The summed E-state index contributed by atoms with van der Waals surface area (Å²) in [5.41, 5.74) is -0.0546. The highest BCUT2D eigenvalue weighted by atomic mass is 32.2. The van der Waals surface area contributed by atoms with Gasteiger partial charge in [0.1, 0.15) is 12.2 Å². The molecule has 0 unspecified atom stereocenters. The summed E-state index contributed by atoms with van der Waals surface area (Å²) in [4.78, 5) is 23.4. The van der Waals surface area contributed by atoms with Gasteiger partial charge in [0.15, 0.2) is 16.1 Å². The second-order valence-electron chi connectivity index (χ2n) is 7.27. The Morgan fingerprint density at radius 2 is 1.72 bits per heavy atom. The zero-order valence-electron chi connectivity index (χ0n) is 16.6. The number of ether oxygens (including phenoxy) is 2. The van der Waals surface area contributed by atoms with Crippen LogP contribution in [0.1, 0.15) is 26.3 Å². The molecule has 0 aromatic heterocycles. The summed E-state index contributed by atoms with van der Waals surface area (Å²) in [6.07, 6.45) is -3.87. The summed E-state index contributed by atoms with van der Waals surface area (Å²) in [5, 5.41) is 23.1. The molecule has 11 heteroatoms. The Morgan fingerprint density at radius 3 is 2.28 bits per heavy atom. The molecule has 0 heterocycles. The predicted octanol–water partition coefficient (Wildman–Crippen LogP) is 0.532. The number of rotatable bonds is 9. The molecule has 0 bridgehead atoms. The van der Waals surface area contributed by atoms with Crippen molar-refractivity contribution in [2.45, 2.75) is 45.3 Å². The fourth-order valence-corrected chi connectivity index (χ4v) is 3.48. The van der Waals surface area contributed by atoms with Gasteiger partial charge in [-0.3, -0.25) is 0 Å². The first-order valence-corrected chi connectivity index (χ1v) is 10.7. The summed E-state index contributed by atoms with van der Waals surface area (Å²) < 4.78 is 34.3. The van der Waals surface area contributed by atoms with Crippen LogP contribution in [0.25, 0.3) is 0 Å². The molecule has 1 rings (SSSR count). The molecular weight excluding hydrogens is 404 g/mol. The normalized spacial score (nSPS) is 12.9. The Kier molecular flexibility index (Phi) is 9.34. The van der Waals surface area contributed by atoms with Gasteiger partial charge in [-0.15, -0.1) is 0 Å². The van der Waals surface area contributed by atoms with E-state index in [0.717, 1.165) is 5.56 Å². The average molecular weight is 432 g/mol. The molecule has 0 radical (unpaired) electrons. The van der Waals surface area contributed by atoms with Crippen LogP contribution in [-0.2, 0) is 25.9 Å². The first-order chi connectivity index (χ1) is 13.4. The Bertz CT molecular complexity index is 760. The van der Waals surface area contributed by atoms with Crippen LogP contribution in [0.4, 0.5) is 9.59 Å². The van der Waals surface area contributed by atoms with Gasteiger partial charge in [-0.1, -0.05) is 30.3 Å². The van der Waals surface area contributed by atoms with E-state index in [1.54, 1.807) is 45.0 Å². The minimum atomic E-state index is -3.84. The number of carbonyl (C=O) groups is 2. The van der Waals surface area contributed by atoms with Crippen molar-refractivity contribution in [3.05, 3.63) is 35.9 Å². The zero-order valence-corrected chi connectivity index (χ0v) is 17.4. The van der Waals surface area contributed by atoms with Gasteiger partial charge in [0.25, 0.3) is 0 Å². The molecule has 1 aromatic rings. The number of alkyl carbamates (subject to hydrolysis) is 2. The molecule has 0 aliphatic carbocycles. The van der Waals surface area contributed by atoms with Gasteiger partial charge in [-0.2, -0.15) is 0 Å². The molecule has 4 N–H and O–H groups in total. The van der Waals surface area contributed by atoms with Crippen LogP contribution in [0.15, 0.2) is 30.3 Å². The Balaban J connectivity index is 2.45. The van der Waals surface area contributed by atoms with E-state index >= 15 is 0 Å². The maximum atomic E-state index is 12.2. The van der Waals surface area contributed by atoms with Crippen LogP contribution in [0.2, 0.25) is 0 Å². The van der Waals surface area contributed by atoms with Crippen molar-refractivity contribution in [1.29, 1.82) is 0 Å². The van der Waals surface area contributed by atoms with Crippen LogP contribution < -0.4 is 10.6 Å². The van der Waals surface area contributed by atoms with Crippen LogP contribution in [0.5, 0.6) is 0 Å². The maximum absolute atomic E-state index is 12.2. The van der Waals surface area contributed by atoms with E-state index in [0.29, 0.717) is 0 Å². The van der Waals surface area contributed by atoms with E-state index in [2.05, 4.69) is 10.6 Å². The highest BCUT2D eigenvalue weighted by molar-refractivity contribution is 7.91. The molecule has 10 nitrogen and oxygen atoms in total. The highest BCUT2D eigenvalue weighted by Gasteiger charge is 2.28. The lowest BCUT2D eigenvalue weighted by Crippen LogP contribution is -2.49. The number of nitrogens with one attached hydrogen (secondary N) is 2. The third kappa shape index (κ3) is 11.3. The van der Waals surface area contributed by atoms with Gasteiger partial charge in [0.2, 0.25) is 0 Å². The van der Waals surface area contributed by atoms with E-state index in [1.807, 2.05) is 6.07 Å². The Morgan fingerprint density at radius 1 is 1.10 bits per heavy atom. The van der Waals surface area contributed by atoms with Crippen LogP contribution >= 0.6 is 0 Å². The molecular formula is C18H28N2O8S. The lowest BCUT2D eigenvalue weighted by molar-refractivity contribution is -0.0629. The van der Waals surface area contributed by atoms with Crippen molar-refractivity contribution in [1.82, 2.24) is 10.6 Å². The Labute approximate surface area is 170 Å². The third-order valence-electron chi connectivity index (χ3n) is 3.39. The van der Waals surface area contributed by atoms with Crippen molar-refractivity contribution in [2.24, 2.45) is 0 Å². The second-order valence-corrected chi connectivity index (χ2v) is 9.50. The minimum absolute atomic E-state index is 0.0397. The van der Waals surface area contributed by atoms with E-state index in [4.69, 9.17) is 9.47 Å². The van der Waals surface area contributed by atoms with E-state index in [1.165, 1.54) is 0 Å². The summed E-state index contributed by atoms with van der Waals surface area (Å²) in [6, 6.07) is 7.47. The van der Waals surface area contributed by atoms with E-state index < -0.39 is 51.5 Å². The summed E-state index contributed by atoms with van der Waals surface area (Å²) >= 11 is 0. The van der Waals surface area contributed by atoms with Crippen molar-refractivity contribution in [2.75, 3.05) is 18.1 Å². The van der Waals surface area contributed by atoms with Crippen molar-refractivity contribution in [3.63, 3.8) is 0 Å². The Hall–Kier alpha value is -2.37. The van der Waals surface area contributed by atoms with Gasteiger partial charge < -0.3 is 30.3 Å². The molecule has 1 atom stereocenters. The first-order valence-electron chi connectivity index (χ1n) is 8.88. The van der Waals surface area contributed by atoms with Crippen LogP contribution in [0, 0.1) is 0 Å². The number of hydrogen-bond acceptors (Lipinski definition) is 8. The van der Waals surface area contributed by atoms with Crippen molar-refractivity contribution < 1.29 is 37.7 Å². The van der Waals surface area contributed by atoms with Gasteiger partial charge in [0.05, 0.1) is 17.5 Å². The molecule has 0 aliphatic rings. The number of aliphatic hydroxyl groups excluding tert-OH is 1. The molecule has 0 spiro atoms. The smallest absolute Gasteiger partial charge is 0.408 e. The monoisotopic (exact) mass is 432 g/mol. The highest BCUT2D eigenvalue weighted by Crippen LogP contribution is 2.08. The minimum Gasteiger partial charge on any atom is -0.445 e. The van der Waals surface area contributed by atoms with Crippen molar-refractivity contribution >= 4 is 22.0 Å². The van der Waals surface area contributed by atoms with Gasteiger partial charge in [0, 0.05) is 6.54 Å². The third-order valence-corrected chi connectivity index (χ3v) is 5.08. The molecule has 1 aromatic carbocycles. The second kappa shape index (κ2) is 11.0. The number of sulfone groups is 1. The molecule has 0 saturated heterocycles. The lowest BCUT2D eigenvalue weighted by atomic mass is 10.2. The van der Waals surface area contributed by atoms with Gasteiger partial charge in [-0.25, -0.2) is 18.0 Å².